The van der Waals surface area contributed by atoms with Gasteiger partial charge in [0.1, 0.15) is 6.61 Å². The van der Waals surface area contributed by atoms with E-state index in [0.29, 0.717) is 145 Å². The average Bonchev–Trinajstić information content (AvgIpc) is 3.10. The molecule has 0 aliphatic rings. The number of carbonyl (C=O) groups excluding carboxylic acids is 2. The molecule has 0 saturated heterocycles. The van der Waals surface area contributed by atoms with Crippen molar-refractivity contribution in [2.75, 3.05) is 145 Å². The van der Waals surface area contributed by atoms with Crippen molar-refractivity contribution in [2.45, 2.75) is 71.6 Å². The predicted octanol–water partition coefficient (Wildman–Crippen LogP) is 3.79. The van der Waals surface area contributed by atoms with Gasteiger partial charge in [-0.15, -0.1) is 0 Å². The van der Waals surface area contributed by atoms with E-state index < -0.39 is 0 Å². The molecule has 0 N–H and O–H groups in total. The number of rotatable bonds is 42. The minimum atomic E-state index is -0.253. The van der Waals surface area contributed by atoms with Crippen LogP contribution in [-0.4, -0.2) is 157 Å². The van der Waals surface area contributed by atoms with Crippen LogP contribution in [-0.2, 0) is 66.4 Å². The van der Waals surface area contributed by atoms with E-state index in [-0.39, 0.29) is 25.0 Å². The van der Waals surface area contributed by atoms with Crippen LogP contribution in [0.5, 0.6) is 0 Å². The summed E-state index contributed by atoms with van der Waals surface area (Å²) in [5.41, 5.74) is 0. The third-order valence-corrected chi connectivity index (χ3v) is 6.58. The molecule has 0 rings (SSSR count). The Morgan fingerprint density at radius 1 is 0.306 bits per heavy atom. The van der Waals surface area contributed by atoms with E-state index in [1.54, 1.807) is 6.92 Å². The Morgan fingerprint density at radius 2 is 0.592 bits per heavy atom. The highest BCUT2D eigenvalue weighted by Crippen LogP contribution is 2.08. The standard InChI is InChI=1S/C35H68O14/c1-3-5-6-7-8-9-10-11-34(36)49-33-32-47-31-30-46-29-28-45-27-26-44-25-24-43-23-22-42-21-20-41-19-18-40-17-16-39-15-14-38-13-12-35(37)48-4-2/h3-33H2,1-2H3. The molecule has 0 aliphatic heterocycles. The molecule has 292 valence electrons. The van der Waals surface area contributed by atoms with Crippen molar-refractivity contribution < 1.29 is 66.4 Å². The first-order valence-electron chi connectivity index (χ1n) is 18.3. The molecule has 0 aromatic carbocycles. The molecule has 0 amide bonds. The van der Waals surface area contributed by atoms with Gasteiger partial charge < -0.3 is 56.8 Å². The highest BCUT2D eigenvalue weighted by molar-refractivity contribution is 5.69. The largest absolute Gasteiger partial charge is 0.466 e. The maximum atomic E-state index is 11.7. The van der Waals surface area contributed by atoms with Gasteiger partial charge in [0.25, 0.3) is 0 Å². The van der Waals surface area contributed by atoms with Gasteiger partial charge in [0.2, 0.25) is 0 Å². The molecule has 0 atom stereocenters. The van der Waals surface area contributed by atoms with E-state index in [4.69, 9.17) is 56.8 Å². The van der Waals surface area contributed by atoms with E-state index in [0.717, 1.165) is 12.8 Å². The Morgan fingerprint density at radius 3 is 0.939 bits per heavy atom. The molecule has 0 bridgehead atoms. The maximum absolute atomic E-state index is 11.7. The molecule has 0 unspecified atom stereocenters. The number of unbranched alkanes of at least 4 members (excludes halogenated alkanes) is 6. The Kier molecular flexibility index (Phi) is 41.4. The second-order valence-electron chi connectivity index (χ2n) is 10.8. The van der Waals surface area contributed by atoms with Crippen LogP contribution in [0.3, 0.4) is 0 Å². The lowest BCUT2D eigenvalue weighted by Crippen LogP contribution is -2.15. The predicted molar refractivity (Wildman–Crippen MR) is 183 cm³/mol. The van der Waals surface area contributed by atoms with E-state index in [9.17, 15) is 9.59 Å². The maximum Gasteiger partial charge on any atom is 0.308 e. The molecule has 0 saturated carbocycles. The molecule has 0 radical (unpaired) electrons. The summed E-state index contributed by atoms with van der Waals surface area (Å²) in [7, 11) is 0. The number of ether oxygens (including phenoxy) is 12. The first kappa shape index (κ1) is 47.5. The summed E-state index contributed by atoms with van der Waals surface area (Å²) in [5, 5.41) is 0. The highest BCUT2D eigenvalue weighted by Gasteiger charge is 2.03. The van der Waals surface area contributed by atoms with Gasteiger partial charge in [0.15, 0.2) is 0 Å². The topological polar surface area (TPSA) is 145 Å². The molecule has 0 fully saturated rings. The normalized spacial score (nSPS) is 11.3. The molecule has 0 aliphatic carbocycles. The summed E-state index contributed by atoms with van der Waals surface area (Å²) >= 11 is 0. The van der Waals surface area contributed by atoms with Gasteiger partial charge in [-0.1, -0.05) is 45.4 Å². The van der Waals surface area contributed by atoms with Gasteiger partial charge in [0.05, 0.1) is 145 Å². The van der Waals surface area contributed by atoms with Crippen molar-refractivity contribution in [3.8, 4) is 0 Å². The van der Waals surface area contributed by atoms with Crippen LogP contribution < -0.4 is 0 Å². The van der Waals surface area contributed by atoms with Gasteiger partial charge in [-0.3, -0.25) is 9.59 Å². The van der Waals surface area contributed by atoms with Crippen LogP contribution >= 0.6 is 0 Å². The molecular formula is C35H68O14. The van der Waals surface area contributed by atoms with Gasteiger partial charge >= 0.3 is 11.9 Å². The van der Waals surface area contributed by atoms with Crippen LogP contribution in [0, 0.1) is 0 Å². The number of hydrogen-bond acceptors (Lipinski definition) is 14. The zero-order chi connectivity index (χ0) is 35.6. The van der Waals surface area contributed by atoms with Crippen molar-refractivity contribution in [2.24, 2.45) is 0 Å². The quantitative estimate of drug-likeness (QED) is 0.0668. The summed E-state index contributed by atoms with van der Waals surface area (Å²) in [5.74, 6) is -0.397. The minimum Gasteiger partial charge on any atom is -0.466 e. The molecule has 0 aromatic heterocycles. The summed E-state index contributed by atoms with van der Waals surface area (Å²) in [6, 6.07) is 0. The lowest BCUT2D eigenvalue weighted by molar-refractivity contribution is -0.146. The third kappa shape index (κ3) is 42.6. The van der Waals surface area contributed by atoms with E-state index in [1.165, 1.54) is 32.1 Å². The molecular weight excluding hydrogens is 644 g/mol. The first-order chi connectivity index (χ1) is 24.2. The number of esters is 2. The van der Waals surface area contributed by atoms with Crippen LogP contribution in [0.15, 0.2) is 0 Å². The van der Waals surface area contributed by atoms with Crippen molar-refractivity contribution in [1.29, 1.82) is 0 Å². The van der Waals surface area contributed by atoms with E-state index in [1.807, 2.05) is 0 Å². The van der Waals surface area contributed by atoms with Gasteiger partial charge in [-0.2, -0.15) is 0 Å². The van der Waals surface area contributed by atoms with Crippen molar-refractivity contribution >= 4 is 11.9 Å². The molecule has 14 heteroatoms. The lowest BCUT2D eigenvalue weighted by atomic mass is 10.1. The summed E-state index contributed by atoms with van der Waals surface area (Å²) < 4.78 is 64.4. The Balaban J connectivity index is 3.11. The summed E-state index contributed by atoms with van der Waals surface area (Å²) in [6.45, 7) is 14.0. The molecule has 0 heterocycles. The SMILES string of the molecule is CCCCCCCCCC(=O)OCCOCCOCCOCCOCCOCCOCCOCCOCCOCCOCCC(=O)OCC. The fourth-order valence-corrected chi connectivity index (χ4v) is 3.98. The van der Waals surface area contributed by atoms with Gasteiger partial charge in [-0.05, 0) is 13.3 Å². The molecule has 0 spiro atoms. The van der Waals surface area contributed by atoms with Crippen LogP contribution in [0.25, 0.3) is 0 Å². The lowest BCUT2D eigenvalue weighted by Gasteiger charge is -2.09. The average molecular weight is 713 g/mol. The van der Waals surface area contributed by atoms with E-state index >= 15 is 0 Å². The Bertz CT molecular complexity index is 670. The first-order valence-corrected chi connectivity index (χ1v) is 18.3. The molecule has 0 aromatic rings. The Labute approximate surface area is 295 Å². The molecule has 49 heavy (non-hydrogen) atoms. The van der Waals surface area contributed by atoms with Crippen LogP contribution in [0.4, 0.5) is 0 Å². The fraction of sp³-hybridized carbons (Fsp3) is 0.943. The van der Waals surface area contributed by atoms with E-state index in [2.05, 4.69) is 6.92 Å². The van der Waals surface area contributed by atoms with Gasteiger partial charge in [-0.25, -0.2) is 0 Å². The smallest absolute Gasteiger partial charge is 0.308 e. The summed E-state index contributed by atoms with van der Waals surface area (Å²) in [4.78, 5) is 22.9. The second kappa shape index (κ2) is 42.7. The Hall–Kier alpha value is -1.46. The molecule has 14 nitrogen and oxygen atoms in total. The van der Waals surface area contributed by atoms with Crippen molar-refractivity contribution in [1.82, 2.24) is 0 Å². The summed E-state index contributed by atoms with van der Waals surface area (Å²) in [6.07, 6.45) is 9.03. The third-order valence-electron chi connectivity index (χ3n) is 6.58. The van der Waals surface area contributed by atoms with Crippen molar-refractivity contribution in [3.05, 3.63) is 0 Å². The van der Waals surface area contributed by atoms with Gasteiger partial charge in [0, 0.05) is 6.42 Å². The van der Waals surface area contributed by atoms with Crippen LogP contribution in [0.2, 0.25) is 0 Å². The second-order valence-corrected chi connectivity index (χ2v) is 10.8. The zero-order valence-corrected chi connectivity index (χ0v) is 30.6. The monoisotopic (exact) mass is 712 g/mol. The highest BCUT2D eigenvalue weighted by atomic mass is 16.6. The fourth-order valence-electron chi connectivity index (χ4n) is 3.98. The number of carbonyl (C=O) groups is 2. The number of hydrogen-bond donors (Lipinski definition) is 0. The zero-order valence-electron chi connectivity index (χ0n) is 30.6. The van der Waals surface area contributed by atoms with Crippen molar-refractivity contribution in [3.63, 3.8) is 0 Å². The minimum absolute atomic E-state index is 0.144. The van der Waals surface area contributed by atoms with Crippen LogP contribution in [0.1, 0.15) is 71.6 Å².